The number of hydrogen-bond acceptors (Lipinski definition) is 7. The molecule has 1 aromatic carbocycles. The molecule has 4 aliphatic rings. The van der Waals surface area contributed by atoms with Crippen LogP contribution in [0.2, 0.25) is 0 Å². The van der Waals surface area contributed by atoms with E-state index in [0.717, 1.165) is 61.9 Å². The Morgan fingerprint density at radius 1 is 1.11 bits per heavy atom. The zero-order chi connectivity index (χ0) is 24.9. The number of hydrogen-bond donors (Lipinski definition) is 2. The van der Waals surface area contributed by atoms with E-state index >= 15 is 0 Å². The van der Waals surface area contributed by atoms with Gasteiger partial charge in [-0.05, 0) is 74.8 Å². The standard InChI is InChI=1S/C28H32N4O4/c1-2-35-28(34)20-7-9-25(10-8-20)36-16-4-13-31-14-11-22(12-15-31)30-27(33)21-17-23-5-3-6-26-29-19-24(18-21)32(23)26/h3,5-10,17-19,22,29H,2,4,11-16H2,1H3,(H,30,33). The highest BCUT2D eigenvalue weighted by molar-refractivity contribution is 5.97. The summed E-state index contributed by atoms with van der Waals surface area (Å²) in [5, 5.41) is 6.47. The normalized spacial score (nSPS) is 18.9. The van der Waals surface area contributed by atoms with E-state index in [1.165, 1.54) is 0 Å². The molecular formula is C28H32N4O4. The number of rotatable bonds is 9. The number of esters is 1. The first-order chi connectivity index (χ1) is 17.6. The number of piperidine rings is 1. The highest BCUT2D eigenvalue weighted by atomic mass is 16.5. The molecule has 5 rings (SSSR count). The zero-order valence-electron chi connectivity index (χ0n) is 20.5. The van der Waals surface area contributed by atoms with Crippen LogP contribution in [0.25, 0.3) is 0 Å². The van der Waals surface area contributed by atoms with Crippen molar-refractivity contribution in [1.82, 2.24) is 20.4 Å². The Kier molecular flexibility index (Phi) is 7.23. The maximum atomic E-state index is 12.9. The van der Waals surface area contributed by atoms with E-state index in [1.54, 1.807) is 31.2 Å². The maximum Gasteiger partial charge on any atom is 0.338 e. The van der Waals surface area contributed by atoms with Gasteiger partial charge in [0, 0.05) is 43.1 Å². The molecular weight excluding hydrogens is 456 g/mol. The van der Waals surface area contributed by atoms with Gasteiger partial charge in [-0.3, -0.25) is 9.69 Å². The smallest absolute Gasteiger partial charge is 0.338 e. The Bertz CT molecular complexity index is 1150. The monoisotopic (exact) mass is 488 g/mol. The highest BCUT2D eigenvalue weighted by Crippen LogP contribution is 2.33. The molecule has 8 nitrogen and oxygen atoms in total. The third kappa shape index (κ3) is 5.39. The lowest BCUT2D eigenvalue weighted by atomic mass is 10.0. The second-order valence-corrected chi connectivity index (χ2v) is 9.17. The maximum absolute atomic E-state index is 12.9. The summed E-state index contributed by atoms with van der Waals surface area (Å²) in [6.07, 6.45) is 14.6. The molecule has 1 saturated heterocycles. The van der Waals surface area contributed by atoms with Gasteiger partial charge in [0.25, 0.3) is 5.91 Å². The van der Waals surface area contributed by atoms with E-state index < -0.39 is 0 Å². The number of amides is 1. The first-order valence-corrected chi connectivity index (χ1v) is 12.6. The number of carbonyl (C=O) groups is 2. The number of nitrogens with one attached hydrogen (secondary N) is 2. The Labute approximate surface area is 211 Å². The minimum Gasteiger partial charge on any atom is -0.494 e. The van der Waals surface area contributed by atoms with Gasteiger partial charge < -0.3 is 25.0 Å². The second kappa shape index (κ2) is 10.9. The van der Waals surface area contributed by atoms with Gasteiger partial charge in [-0.25, -0.2) is 4.79 Å². The lowest BCUT2D eigenvalue weighted by Crippen LogP contribution is -2.45. The highest BCUT2D eigenvalue weighted by Gasteiger charge is 2.29. The Balaban J connectivity index is 1.01. The van der Waals surface area contributed by atoms with Gasteiger partial charge >= 0.3 is 5.97 Å². The van der Waals surface area contributed by atoms with E-state index in [9.17, 15) is 9.59 Å². The average Bonchev–Trinajstić information content (AvgIpc) is 3.32. The molecule has 0 atom stereocenters. The minimum atomic E-state index is -0.316. The molecule has 1 aromatic rings. The van der Waals surface area contributed by atoms with Crippen LogP contribution in [-0.2, 0) is 9.53 Å². The van der Waals surface area contributed by atoms with Crippen molar-refractivity contribution < 1.29 is 19.1 Å². The van der Waals surface area contributed by atoms with Gasteiger partial charge in [-0.1, -0.05) is 6.08 Å². The number of allylic oxidation sites excluding steroid dienone is 4. The van der Waals surface area contributed by atoms with Crippen LogP contribution < -0.4 is 15.4 Å². The molecule has 0 aliphatic carbocycles. The molecule has 2 N–H and O–H groups in total. The fourth-order valence-electron chi connectivity index (χ4n) is 4.80. The van der Waals surface area contributed by atoms with Crippen LogP contribution in [0.4, 0.5) is 0 Å². The van der Waals surface area contributed by atoms with Crippen LogP contribution in [0.3, 0.4) is 0 Å². The van der Waals surface area contributed by atoms with E-state index in [1.807, 2.05) is 36.6 Å². The van der Waals surface area contributed by atoms with E-state index in [4.69, 9.17) is 9.47 Å². The summed E-state index contributed by atoms with van der Waals surface area (Å²) in [7, 11) is 0. The van der Waals surface area contributed by atoms with Gasteiger partial charge in [0.1, 0.15) is 11.6 Å². The van der Waals surface area contributed by atoms with Crippen LogP contribution in [-0.4, -0.2) is 60.6 Å². The summed E-state index contributed by atoms with van der Waals surface area (Å²) in [6.45, 7) is 5.64. The third-order valence-corrected chi connectivity index (χ3v) is 6.69. The van der Waals surface area contributed by atoms with Gasteiger partial charge in [0.15, 0.2) is 0 Å². The molecule has 1 amide bonds. The fourth-order valence-corrected chi connectivity index (χ4v) is 4.80. The number of carbonyl (C=O) groups excluding carboxylic acids is 2. The predicted molar refractivity (Wildman–Crippen MR) is 137 cm³/mol. The van der Waals surface area contributed by atoms with E-state index in [0.29, 0.717) is 24.4 Å². The van der Waals surface area contributed by atoms with Crippen LogP contribution in [0.1, 0.15) is 36.5 Å². The SMILES string of the molecule is CCOC(=O)c1ccc(OCCCN2CCC(NC(=O)C3=CC4=CNC5=CC=CC(=C3)N45)CC2)cc1. The summed E-state index contributed by atoms with van der Waals surface area (Å²) in [4.78, 5) is 29.2. The third-order valence-electron chi connectivity index (χ3n) is 6.69. The van der Waals surface area contributed by atoms with Crippen molar-refractivity contribution in [3.05, 3.63) is 89.2 Å². The molecule has 0 unspecified atom stereocenters. The van der Waals surface area contributed by atoms with Crippen LogP contribution in [0.15, 0.2) is 83.6 Å². The molecule has 0 radical (unpaired) electrons. The quantitative estimate of drug-likeness (QED) is 0.408. The van der Waals surface area contributed by atoms with Crippen LogP contribution in [0.5, 0.6) is 5.75 Å². The Morgan fingerprint density at radius 2 is 1.92 bits per heavy atom. The van der Waals surface area contributed by atoms with E-state index in [2.05, 4.69) is 20.4 Å². The summed E-state index contributed by atoms with van der Waals surface area (Å²) in [5.41, 5.74) is 3.21. The molecule has 0 aromatic heterocycles. The number of ether oxygens (including phenoxy) is 2. The van der Waals surface area contributed by atoms with Crippen molar-refractivity contribution >= 4 is 11.9 Å². The Hall–Kier alpha value is -3.78. The molecule has 8 heteroatoms. The van der Waals surface area contributed by atoms with Crippen molar-refractivity contribution in [1.29, 1.82) is 0 Å². The number of likely N-dealkylation sites (tertiary alicyclic amines) is 1. The van der Waals surface area contributed by atoms with E-state index in [-0.39, 0.29) is 17.9 Å². The van der Waals surface area contributed by atoms with Crippen LogP contribution in [0, 0.1) is 0 Å². The zero-order valence-corrected chi connectivity index (χ0v) is 20.5. The first kappa shape index (κ1) is 23.9. The minimum absolute atomic E-state index is 0.0136. The second-order valence-electron chi connectivity index (χ2n) is 9.17. The molecule has 4 heterocycles. The van der Waals surface area contributed by atoms with Crippen molar-refractivity contribution in [3.63, 3.8) is 0 Å². The van der Waals surface area contributed by atoms with Crippen molar-refractivity contribution in [2.45, 2.75) is 32.2 Å². The molecule has 188 valence electrons. The molecule has 0 saturated carbocycles. The van der Waals surface area contributed by atoms with Gasteiger partial charge in [0.05, 0.1) is 24.5 Å². The fraction of sp³-hybridized carbons (Fsp3) is 0.357. The summed E-state index contributed by atoms with van der Waals surface area (Å²) in [5.74, 6) is 1.43. The lowest BCUT2D eigenvalue weighted by Gasteiger charge is -2.33. The van der Waals surface area contributed by atoms with Crippen LogP contribution >= 0.6 is 0 Å². The molecule has 1 fully saturated rings. The van der Waals surface area contributed by atoms with Gasteiger partial charge in [-0.2, -0.15) is 0 Å². The average molecular weight is 489 g/mol. The van der Waals surface area contributed by atoms with Gasteiger partial charge in [-0.15, -0.1) is 0 Å². The summed E-state index contributed by atoms with van der Waals surface area (Å²) >= 11 is 0. The molecule has 36 heavy (non-hydrogen) atoms. The lowest BCUT2D eigenvalue weighted by molar-refractivity contribution is -0.118. The topological polar surface area (TPSA) is 83.1 Å². The van der Waals surface area contributed by atoms with Crippen molar-refractivity contribution in [2.75, 3.05) is 32.8 Å². The molecule has 0 spiro atoms. The largest absolute Gasteiger partial charge is 0.494 e. The summed E-state index contributed by atoms with van der Waals surface area (Å²) < 4.78 is 10.8. The number of benzene rings is 1. The molecule has 4 aliphatic heterocycles. The number of nitrogens with zero attached hydrogens (tertiary/aromatic N) is 2. The van der Waals surface area contributed by atoms with Gasteiger partial charge in [0.2, 0.25) is 0 Å². The predicted octanol–water partition coefficient (Wildman–Crippen LogP) is 3.19. The Morgan fingerprint density at radius 3 is 2.69 bits per heavy atom. The molecule has 0 bridgehead atoms. The summed E-state index contributed by atoms with van der Waals surface area (Å²) in [6, 6.07) is 7.24. The van der Waals surface area contributed by atoms with Crippen molar-refractivity contribution in [2.24, 2.45) is 0 Å². The first-order valence-electron chi connectivity index (χ1n) is 12.6. The van der Waals surface area contributed by atoms with Crippen molar-refractivity contribution in [3.8, 4) is 5.75 Å².